The van der Waals surface area contributed by atoms with Crippen molar-refractivity contribution in [2.75, 3.05) is 11.1 Å². The van der Waals surface area contributed by atoms with Crippen LogP contribution in [0.1, 0.15) is 81.8 Å². The lowest BCUT2D eigenvalue weighted by atomic mass is 9.82. The van der Waals surface area contributed by atoms with Crippen LogP contribution in [-0.4, -0.2) is 11.6 Å². The average molecular weight is 860 g/mol. The van der Waals surface area contributed by atoms with Crippen molar-refractivity contribution >= 4 is 44.6 Å². The van der Waals surface area contributed by atoms with Crippen molar-refractivity contribution in [2.24, 2.45) is 0 Å². The number of fused-ring (bicyclic) bond motifs is 6. The molecular formula is C56H47BrN2O2. The highest BCUT2D eigenvalue weighted by molar-refractivity contribution is 9.10. The Morgan fingerprint density at radius 1 is 0.410 bits per heavy atom. The number of carbonyl (C=O) groups is 2. The average Bonchev–Trinajstić information content (AvgIpc) is 3.66. The van der Waals surface area contributed by atoms with Crippen LogP contribution in [0.15, 0.2) is 199 Å². The van der Waals surface area contributed by atoms with E-state index in [9.17, 15) is 9.59 Å². The van der Waals surface area contributed by atoms with E-state index in [2.05, 4.69) is 128 Å². The molecule has 5 heteroatoms. The predicted molar refractivity (Wildman–Crippen MR) is 256 cm³/mol. The fraction of sp³-hybridized carbons (Fsp3) is 0.107. The molecule has 0 spiro atoms. The van der Waals surface area contributed by atoms with Gasteiger partial charge in [-0.1, -0.05) is 165 Å². The Hall–Kier alpha value is -6.82. The number of benzene rings is 8. The topological polar surface area (TPSA) is 72.2 Å². The van der Waals surface area contributed by atoms with Crippen LogP contribution in [0.25, 0.3) is 22.3 Å². The van der Waals surface area contributed by atoms with Gasteiger partial charge in [0.05, 0.1) is 0 Å². The van der Waals surface area contributed by atoms with Crippen molar-refractivity contribution < 1.29 is 9.59 Å². The van der Waals surface area contributed by atoms with E-state index in [4.69, 9.17) is 5.73 Å². The number of anilines is 3. The van der Waals surface area contributed by atoms with Crippen molar-refractivity contribution in [2.45, 2.75) is 38.5 Å². The maximum atomic E-state index is 12.6. The molecule has 0 unspecified atom stereocenters. The lowest BCUT2D eigenvalue weighted by molar-refractivity contribution is 0.103. The first-order chi connectivity index (χ1) is 29.4. The fourth-order valence-electron chi connectivity index (χ4n) is 8.49. The summed E-state index contributed by atoms with van der Waals surface area (Å²) in [5, 5.41) is 3.49. The molecule has 8 aromatic rings. The molecule has 0 saturated heterocycles. The number of hydrogen-bond donors (Lipinski definition) is 2. The maximum absolute atomic E-state index is 12.6. The Labute approximate surface area is 367 Å². The second kappa shape index (κ2) is 17.0. The number of hydrogen-bond acceptors (Lipinski definition) is 4. The van der Waals surface area contributed by atoms with E-state index >= 15 is 0 Å². The van der Waals surface area contributed by atoms with E-state index in [0.29, 0.717) is 16.7 Å². The van der Waals surface area contributed by atoms with Gasteiger partial charge in [-0.05, 0) is 117 Å². The summed E-state index contributed by atoms with van der Waals surface area (Å²) < 4.78 is 0.979. The number of ketones is 2. The number of rotatable bonds is 6. The van der Waals surface area contributed by atoms with E-state index in [-0.39, 0.29) is 22.4 Å². The second-order valence-electron chi connectivity index (χ2n) is 16.5. The summed E-state index contributed by atoms with van der Waals surface area (Å²) in [7, 11) is 0. The standard InChI is InChI=1S/C28H23NO.C15H15N.C13H9BrO/c1-28(2)25-11-7-6-10-23(25)24-17-16-22(18-26(24)28)29-21-14-12-20(13-15-21)27(30)19-8-4-3-5-9-19;1-15(2)13-6-4-3-5-11(13)12-8-7-10(16)9-14(12)15;14-12-8-6-11(7-9-12)13(15)10-4-2-1-3-5-10/h3-18,29H,1-2H3;3-9H,16H2,1-2H3;1-9H. The summed E-state index contributed by atoms with van der Waals surface area (Å²) in [5.74, 6) is 0.0993. The van der Waals surface area contributed by atoms with Crippen molar-refractivity contribution in [3.8, 4) is 22.3 Å². The Balaban J connectivity index is 0.000000139. The zero-order chi connectivity index (χ0) is 42.7. The first-order valence-electron chi connectivity index (χ1n) is 20.5. The van der Waals surface area contributed by atoms with E-state index in [0.717, 1.165) is 27.1 Å². The lowest BCUT2D eigenvalue weighted by Crippen LogP contribution is -2.15. The van der Waals surface area contributed by atoms with E-state index in [1.807, 2.05) is 115 Å². The highest BCUT2D eigenvalue weighted by Gasteiger charge is 2.36. The smallest absolute Gasteiger partial charge is 0.193 e. The summed E-state index contributed by atoms with van der Waals surface area (Å²) in [6.45, 7) is 9.09. The summed E-state index contributed by atoms with van der Waals surface area (Å²) in [4.78, 5) is 24.5. The van der Waals surface area contributed by atoms with Crippen molar-refractivity contribution in [1.29, 1.82) is 0 Å². The molecular weight excluding hydrogens is 813 g/mol. The first-order valence-corrected chi connectivity index (χ1v) is 21.3. The quantitative estimate of drug-likeness (QED) is 0.129. The summed E-state index contributed by atoms with van der Waals surface area (Å²) in [6.07, 6.45) is 0. The number of nitrogen functional groups attached to an aromatic ring is 1. The fourth-order valence-corrected chi connectivity index (χ4v) is 8.75. The monoisotopic (exact) mass is 858 g/mol. The zero-order valence-electron chi connectivity index (χ0n) is 34.7. The van der Waals surface area contributed by atoms with Gasteiger partial charge in [0.15, 0.2) is 11.6 Å². The van der Waals surface area contributed by atoms with Crippen molar-refractivity contribution in [3.63, 3.8) is 0 Å². The van der Waals surface area contributed by atoms with Gasteiger partial charge >= 0.3 is 0 Å². The third-order valence-electron chi connectivity index (χ3n) is 11.8. The van der Waals surface area contributed by atoms with Crippen LogP contribution >= 0.6 is 15.9 Å². The molecule has 0 heterocycles. The van der Waals surface area contributed by atoms with Gasteiger partial charge in [-0.25, -0.2) is 0 Å². The molecule has 0 saturated carbocycles. The number of nitrogens with one attached hydrogen (secondary N) is 1. The minimum absolute atomic E-state index is 0.0183. The van der Waals surface area contributed by atoms with Gasteiger partial charge in [-0.2, -0.15) is 0 Å². The third-order valence-corrected chi connectivity index (χ3v) is 12.3. The molecule has 0 radical (unpaired) electrons. The molecule has 4 nitrogen and oxygen atoms in total. The third kappa shape index (κ3) is 8.35. The van der Waals surface area contributed by atoms with Crippen molar-refractivity contribution in [3.05, 3.63) is 243 Å². The molecule has 3 N–H and O–H groups in total. The van der Waals surface area contributed by atoms with Crippen LogP contribution < -0.4 is 11.1 Å². The number of carbonyl (C=O) groups excluding carboxylic acids is 2. The van der Waals surface area contributed by atoms with Crippen LogP contribution in [0.5, 0.6) is 0 Å². The normalized spacial score (nSPS) is 13.1. The van der Waals surface area contributed by atoms with E-state index in [1.165, 1.54) is 44.5 Å². The molecule has 0 amide bonds. The van der Waals surface area contributed by atoms with Gasteiger partial charge in [0.1, 0.15) is 0 Å². The van der Waals surface area contributed by atoms with Gasteiger partial charge in [0.2, 0.25) is 0 Å². The second-order valence-corrected chi connectivity index (χ2v) is 17.4. The molecule has 0 aromatic heterocycles. The predicted octanol–water partition coefficient (Wildman–Crippen LogP) is 14.2. The molecule has 8 aromatic carbocycles. The number of nitrogens with two attached hydrogens (primary N) is 1. The highest BCUT2D eigenvalue weighted by Crippen LogP contribution is 2.50. The van der Waals surface area contributed by atoms with Crippen LogP contribution in [0.4, 0.5) is 17.1 Å². The molecule has 61 heavy (non-hydrogen) atoms. The Morgan fingerprint density at radius 3 is 1.30 bits per heavy atom. The van der Waals surface area contributed by atoms with Gasteiger partial charge in [0, 0.05) is 54.6 Å². The van der Waals surface area contributed by atoms with Crippen molar-refractivity contribution in [1.82, 2.24) is 0 Å². The molecule has 0 fully saturated rings. The molecule has 2 aliphatic rings. The SMILES string of the molecule is CC1(C)c2ccccc2-c2ccc(N)cc21.CC1(C)c2ccccc2-c2ccc(Nc3ccc(C(=O)c4ccccc4)cc3)cc21.O=C(c1ccccc1)c1ccc(Br)cc1. The van der Waals surface area contributed by atoms with Crippen LogP contribution in [0, 0.1) is 0 Å². The minimum Gasteiger partial charge on any atom is -0.399 e. The molecule has 0 bridgehead atoms. The Kier molecular flexibility index (Phi) is 11.4. The molecule has 0 atom stereocenters. The maximum Gasteiger partial charge on any atom is 0.193 e. The summed E-state index contributed by atoms with van der Waals surface area (Å²) >= 11 is 3.34. The molecule has 0 aliphatic heterocycles. The summed E-state index contributed by atoms with van der Waals surface area (Å²) in [6, 6.07) is 63.8. The molecule has 10 rings (SSSR count). The van der Waals surface area contributed by atoms with Gasteiger partial charge in [0.25, 0.3) is 0 Å². The Morgan fingerprint density at radius 2 is 0.787 bits per heavy atom. The highest BCUT2D eigenvalue weighted by atomic mass is 79.9. The van der Waals surface area contributed by atoms with Crippen LogP contribution in [0.3, 0.4) is 0 Å². The summed E-state index contributed by atoms with van der Waals surface area (Å²) in [5.41, 5.74) is 22.4. The molecule has 300 valence electrons. The largest absolute Gasteiger partial charge is 0.399 e. The molecule has 2 aliphatic carbocycles. The Bertz CT molecular complexity index is 2860. The van der Waals surface area contributed by atoms with Gasteiger partial charge < -0.3 is 11.1 Å². The van der Waals surface area contributed by atoms with Gasteiger partial charge in [-0.15, -0.1) is 0 Å². The number of halogens is 1. The van der Waals surface area contributed by atoms with Crippen LogP contribution in [-0.2, 0) is 10.8 Å². The van der Waals surface area contributed by atoms with E-state index in [1.54, 1.807) is 0 Å². The van der Waals surface area contributed by atoms with Crippen LogP contribution in [0.2, 0.25) is 0 Å². The zero-order valence-corrected chi connectivity index (χ0v) is 36.3. The minimum atomic E-state index is -0.0183. The van der Waals surface area contributed by atoms with E-state index < -0.39 is 0 Å². The lowest BCUT2D eigenvalue weighted by Gasteiger charge is -2.22. The van der Waals surface area contributed by atoms with Gasteiger partial charge in [-0.3, -0.25) is 9.59 Å². The first kappa shape index (κ1) is 40.9.